The molecule has 0 aromatic heterocycles. The molecule has 0 aliphatic rings. The van der Waals surface area contributed by atoms with Gasteiger partial charge in [-0.1, -0.05) is 42.5 Å². The van der Waals surface area contributed by atoms with Crippen molar-refractivity contribution in [3.8, 4) is 6.07 Å². The van der Waals surface area contributed by atoms with Crippen LogP contribution >= 0.6 is 12.4 Å². The maximum Gasteiger partial charge on any atom is 0.122 e. The van der Waals surface area contributed by atoms with Crippen LogP contribution in [-0.4, -0.2) is 10.9 Å². The molecule has 110 valence electrons. The third-order valence-electron chi connectivity index (χ3n) is 2.58. The Morgan fingerprint density at radius 3 is 2.24 bits per heavy atom. The zero-order valence-electron chi connectivity index (χ0n) is 11.7. The topological polar surface area (TPSA) is 93.9 Å². The Bertz CT molecular complexity index is 606. The largest absolute Gasteiger partial charge is 0.389 e. The van der Waals surface area contributed by atoms with Crippen LogP contribution in [0, 0.1) is 16.7 Å². The van der Waals surface area contributed by atoms with Gasteiger partial charge in [0.25, 0.3) is 0 Å². The average Bonchev–Trinajstić information content (AvgIpc) is 2.49. The monoisotopic (exact) mass is 303 g/mol. The van der Waals surface area contributed by atoms with Gasteiger partial charge < -0.3 is 10.8 Å². The van der Waals surface area contributed by atoms with E-state index in [1.54, 1.807) is 31.2 Å². The molecule has 21 heavy (non-hydrogen) atoms. The van der Waals surface area contributed by atoms with Crippen molar-refractivity contribution >= 4 is 18.2 Å². The molecule has 4 N–H and O–H groups in total. The van der Waals surface area contributed by atoms with Gasteiger partial charge >= 0.3 is 0 Å². The van der Waals surface area contributed by atoms with Gasteiger partial charge in [-0.3, -0.25) is 5.41 Å². The molecular formula is C16H18ClN3O. The molecule has 0 fully saturated rings. The molecule has 0 spiro atoms. The first-order valence-electron chi connectivity index (χ1n) is 6.12. The zero-order chi connectivity index (χ0) is 15.0. The van der Waals surface area contributed by atoms with Gasteiger partial charge in [0.05, 0.1) is 17.7 Å². The number of benzene rings is 2. The van der Waals surface area contributed by atoms with E-state index in [1.807, 2.05) is 36.4 Å². The Labute approximate surface area is 130 Å². The normalized spacial score (nSPS) is 10.1. The first-order chi connectivity index (χ1) is 9.54. The summed E-state index contributed by atoms with van der Waals surface area (Å²) in [5.74, 6) is -0.0119. The first kappa shape index (κ1) is 18.7. The third-order valence-corrected chi connectivity index (χ3v) is 2.58. The van der Waals surface area contributed by atoms with Gasteiger partial charge in [0, 0.05) is 5.56 Å². The van der Waals surface area contributed by atoms with E-state index in [2.05, 4.69) is 0 Å². The number of hydrogen-bond donors (Lipinski definition) is 3. The smallest absolute Gasteiger partial charge is 0.122 e. The third kappa shape index (κ3) is 6.57. The second kappa shape index (κ2) is 9.54. The van der Waals surface area contributed by atoms with Crippen molar-refractivity contribution in [1.82, 2.24) is 0 Å². The molecule has 0 saturated carbocycles. The summed E-state index contributed by atoms with van der Waals surface area (Å²) in [5.41, 5.74) is 7.29. The average molecular weight is 304 g/mol. The summed E-state index contributed by atoms with van der Waals surface area (Å²) >= 11 is 0. The number of nitriles is 1. The number of rotatable bonds is 2. The van der Waals surface area contributed by atoms with Gasteiger partial charge in [-0.15, -0.1) is 12.4 Å². The van der Waals surface area contributed by atoms with Crippen LogP contribution in [0.15, 0.2) is 54.6 Å². The van der Waals surface area contributed by atoms with E-state index in [0.29, 0.717) is 11.1 Å². The molecular weight excluding hydrogens is 286 g/mol. The highest BCUT2D eigenvalue weighted by Crippen LogP contribution is 2.09. The van der Waals surface area contributed by atoms with Crippen molar-refractivity contribution in [2.45, 2.75) is 13.0 Å². The minimum Gasteiger partial charge on any atom is -0.389 e. The van der Waals surface area contributed by atoms with Crippen LogP contribution in [0.5, 0.6) is 0 Å². The van der Waals surface area contributed by atoms with Gasteiger partial charge in [0.2, 0.25) is 0 Å². The van der Waals surface area contributed by atoms with Crippen LogP contribution in [0.3, 0.4) is 0 Å². The SMILES string of the molecule is CC(O)c1ccccc1.Cl.N#Cc1cccc(C(=N)N)c1. The number of hydrogen-bond acceptors (Lipinski definition) is 3. The Morgan fingerprint density at radius 1 is 1.19 bits per heavy atom. The summed E-state index contributed by atoms with van der Waals surface area (Å²) in [4.78, 5) is 0. The first-order valence-corrected chi connectivity index (χ1v) is 6.12. The van der Waals surface area contributed by atoms with Gasteiger partial charge in [-0.25, -0.2) is 0 Å². The van der Waals surface area contributed by atoms with E-state index in [-0.39, 0.29) is 24.3 Å². The Balaban J connectivity index is 0.000000370. The fraction of sp³-hybridized carbons (Fsp3) is 0.125. The number of amidine groups is 1. The van der Waals surface area contributed by atoms with Crippen LogP contribution in [-0.2, 0) is 0 Å². The van der Waals surface area contributed by atoms with Crippen molar-refractivity contribution in [3.63, 3.8) is 0 Å². The Kier molecular flexibility index (Phi) is 8.47. The minimum atomic E-state index is -0.341. The highest BCUT2D eigenvalue weighted by Gasteiger charge is 1.96. The number of nitrogens with two attached hydrogens (primary N) is 1. The summed E-state index contributed by atoms with van der Waals surface area (Å²) < 4.78 is 0. The standard InChI is InChI=1S/C8H7N3.C8H10O.ClH/c9-5-6-2-1-3-7(4-6)8(10)11;1-7(9)8-5-3-2-4-6-8;/h1-4H,(H3,10,11);2-7,9H,1H3;1H. The fourth-order valence-corrected chi connectivity index (χ4v) is 1.49. The zero-order valence-corrected chi connectivity index (χ0v) is 12.5. The molecule has 1 unspecified atom stereocenters. The lowest BCUT2D eigenvalue weighted by molar-refractivity contribution is 0.199. The molecule has 0 radical (unpaired) electrons. The highest BCUT2D eigenvalue weighted by atomic mass is 35.5. The molecule has 0 saturated heterocycles. The number of aliphatic hydroxyl groups excluding tert-OH is 1. The van der Waals surface area contributed by atoms with Crippen LogP contribution in [0.4, 0.5) is 0 Å². The number of nitrogen functional groups attached to an aromatic ring is 1. The van der Waals surface area contributed by atoms with Crippen molar-refractivity contribution < 1.29 is 5.11 Å². The van der Waals surface area contributed by atoms with Crippen LogP contribution in [0.25, 0.3) is 0 Å². The summed E-state index contributed by atoms with van der Waals surface area (Å²) in [6.07, 6.45) is -0.341. The van der Waals surface area contributed by atoms with E-state index < -0.39 is 0 Å². The van der Waals surface area contributed by atoms with E-state index in [1.165, 1.54) is 0 Å². The van der Waals surface area contributed by atoms with E-state index in [9.17, 15) is 0 Å². The van der Waals surface area contributed by atoms with Crippen molar-refractivity contribution in [2.75, 3.05) is 0 Å². The van der Waals surface area contributed by atoms with Crippen molar-refractivity contribution in [2.24, 2.45) is 5.73 Å². The molecule has 2 rings (SSSR count). The predicted molar refractivity (Wildman–Crippen MR) is 86.5 cm³/mol. The van der Waals surface area contributed by atoms with Crippen molar-refractivity contribution in [3.05, 3.63) is 71.3 Å². The van der Waals surface area contributed by atoms with Gasteiger partial charge in [-0.2, -0.15) is 5.26 Å². The molecule has 0 aliphatic heterocycles. The molecule has 1 atom stereocenters. The minimum absolute atomic E-state index is 0. The molecule has 0 amide bonds. The van der Waals surface area contributed by atoms with Crippen LogP contribution in [0.2, 0.25) is 0 Å². The molecule has 4 nitrogen and oxygen atoms in total. The molecule has 5 heteroatoms. The van der Waals surface area contributed by atoms with E-state index in [0.717, 1.165) is 5.56 Å². The number of nitrogens with zero attached hydrogens (tertiary/aromatic N) is 1. The van der Waals surface area contributed by atoms with Gasteiger partial charge in [-0.05, 0) is 24.6 Å². The second-order valence-electron chi connectivity index (χ2n) is 4.19. The summed E-state index contributed by atoms with van der Waals surface area (Å²) in [7, 11) is 0. The number of halogens is 1. The highest BCUT2D eigenvalue weighted by molar-refractivity contribution is 5.95. The second-order valence-corrected chi connectivity index (χ2v) is 4.19. The molecule has 0 aliphatic carbocycles. The summed E-state index contributed by atoms with van der Waals surface area (Å²) in [5, 5.41) is 24.6. The summed E-state index contributed by atoms with van der Waals surface area (Å²) in [6, 6.07) is 18.2. The Hall–Kier alpha value is -2.35. The summed E-state index contributed by atoms with van der Waals surface area (Å²) in [6.45, 7) is 1.76. The molecule has 2 aromatic carbocycles. The number of nitrogens with one attached hydrogen (secondary N) is 1. The Morgan fingerprint density at radius 2 is 1.81 bits per heavy atom. The van der Waals surface area contributed by atoms with E-state index >= 15 is 0 Å². The lowest BCUT2D eigenvalue weighted by atomic mass is 10.1. The predicted octanol–water partition coefficient (Wildman–Crippen LogP) is 3.00. The maximum absolute atomic E-state index is 9.02. The lowest BCUT2D eigenvalue weighted by Crippen LogP contribution is -2.10. The number of aliphatic hydroxyl groups is 1. The van der Waals surface area contributed by atoms with Crippen molar-refractivity contribution in [1.29, 1.82) is 10.7 Å². The quantitative estimate of drug-likeness (QED) is 0.588. The van der Waals surface area contributed by atoms with Crippen LogP contribution in [0.1, 0.15) is 29.7 Å². The van der Waals surface area contributed by atoms with E-state index in [4.69, 9.17) is 21.5 Å². The maximum atomic E-state index is 9.02. The van der Waals surface area contributed by atoms with Gasteiger partial charge in [0.1, 0.15) is 5.84 Å². The van der Waals surface area contributed by atoms with Gasteiger partial charge in [0.15, 0.2) is 0 Å². The molecule has 2 aromatic rings. The van der Waals surface area contributed by atoms with Crippen LogP contribution < -0.4 is 5.73 Å². The molecule has 0 bridgehead atoms. The lowest BCUT2D eigenvalue weighted by Gasteiger charge is -2.00. The fourth-order valence-electron chi connectivity index (χ4n) is 1.49. The molecule has 0 heterocycles.